The Bertz CT molecular complexity index is 1150. The summed E-state index contributed by atoms with van der Waals surface area (Å²) < 4.78 is -1.18. The molecule has 38 heavy (non-hydrogen) atoms. The van der Waals surface area contributed by atoms with E-state index >= 15 is 0 Å². The molecule has 3 saturated heterocycles. The van der Waals surface area contributed by atoms with E-state index in [1.54, 1.807) is 45.7 Å². The Morgan fingerprint density at radius 1 is 1.21 bits per heavy atom. The number of anilines is 1. The van der Waals surface area contributed by atoms with Crippen molar-refractivity contribution < 1.29 is 19.5 Å². The number of likely N-dealkylation sites (tertiary alicyclic amines) is 1. The molecule has 7 nitrogen and oxygen atoms in total. The molecule has 0 saturated carbocycles. The van der Waals surface area contributed by atoms with Crippen molar-refractivity contribution in [2.45, 2.75) is 68.5 Å². The minimum absolute atomic E-state index is 0.0811. The van der Waals surface area contributed by atoms with Crippen molar-refractivity contribution in [3.63, 3.8) is 0 Å². The van der Waals surface area contributed by atoms with Crippen LogP contribution < -0.4 is 4.90 Å². The summed E-state index contributed by atoms with van der Waals surface area (Å²) in [5.74, 6) is -1.61. The molecule has 3 aliphatic heterocycles. The summed E-state index contributed by atoms with van der Waals surface area (Å²) in [4.78, 5) is 47.8. The van der Waals surface area contributed by atoms with Crippen LogP contribution in [0, 0.1) is 25.7 Å². The van der Waals surface area contributed by atoms with Gasteiger partial charge in [0, 0.05) is 30.6 Å². The highest BCUT2D eigenvalue weighted by Crippen LogP contribution is 2.72. The third-order valence-corrected chi connectivity index (χ3v) is 10.8. The van der Waals surface area contributed by atoms with Crippen LogP contribution in [-0.4, -0.2) is 80.9 Å². The number of fused-ring (bicyclic) bond motifs is 1. The Labute approximate surface area is 230 Å². The van der Waals surface area contributed by atoms with Gasteiger partial charge in [0.15, 0.2) is 0 Å². The molecule has 206 valence electrons. The Balaban J connectivity index is 1.87. The maximum Gasteiger partial charge on any atom is 0.251 e. The number of benzene rings is 1. The number of hydrogen-bond donors (Lipinski definition) is 1. The Morgan fingerprint density at radius 2 is 1.89 bits per heavy atom. The van der Waals surface area contributed by atoms with Crippen LogP contribution in [0.3, 0.4) is 0 Å². The number of aryl methyl sites for hydroxylation is 2. The lowest BCUT2D eigenvalue weighted by molar-refractivity contribution is -0.145. The molecule has 8 heteroatoms. The van der Waals surface area contributed by atoms with Gasteiger partial charge in [0.2, 0.25) is 11.8 Å². The van der Waals surface area contributed by atoms with Crippen LogP contribution in [0.15, 0.2) is 43.5 Å². The van der Waals surface area contributed by atoms with Gasteiger partial charge in [-0.3, -0.25) is 14.4 Å². The zero-order valence-electron chi connectivity index (χ0n) is 23.3. The Hall–Kier alpha value is -2.58. The lowest BCUT2D eigenvalue weighted by Gasteiger charge is -2.39. The highest BCUT2D eigenvalue weighted by molar-refractivity contribution is 8.02. The number of likely N-dealkylation sites (N-methyl/N-ethyl adjacent to an activating group) is 1. The zero-order chi connectivity index (χ0) is 28.0. The number of thioether (sulfide) groups is 1. The smallest absolute Gasteiger partial charge is 0.251 e. The lowest BCUT2D eigenvalue weighted by Crippen LogP contribution is -2.57. The standard InChI is InChI=1S/C30H41N3O4S/c1-8-15-31(7)26(35)23-24-27(36)33(21(10-3)18-34)25(30(24)14-13-29(23,6)38-30)28(37)32(16-9-2)22-17-19(4)11-12-20(22)5/h8-9,11-12,17,21,23-25,34H,1-2,10,13-16,18H2,3-7H3/t21-,23-,24-,25?,29+,30?/m0/s1. The van der Waals surface area contributed by atoms with Crippen molar-refractivity contribution >= 4 is 35.2 Å². The molecule has 2 unspecified atom stereocenters. The fourth-order valence-electron chi connectivity index (χ4n) is 6.94. The van der Waals surface area contributed by atoms with Gasteiger partial charge in [0.25, 0.3) is 5.91 Å². The summed E-state index contributed by atoms with van der Waals surface area (Å²) in [5.41, 5.74) is 2.78. The van der Waals surface area contributed by atoms with Crippen LogP contribution in [-0.2, 0) is 14.4 Å². The summed E-state index contributed by atoms with van der Waals surface area (Å²) in [6.07, 6.45) is 5.32. The van der Waals surface area contributed by atoms with Crippen molar-refractivity contribution in [3.8, 4) is 0 Å². The fraction of sp³-hybridized carbons (Fsp3) is 0.567. The van der Waals surface area contributed by atoms with E-state index in [-0.39, 0.29) is 24.3 Å². The van der Waals surface area contributed by atoms with Gasteiger partial charge in [0.1, 0.15) is 6.04 Å². The summed E-state index contributed by atoms with van der Waals surface area (Å²) in [6.45, 7) is 16.1. The van der Waals surface area contributed by atoms with Crippen molar-refractivity contribution in [1.82, 2.24) is 9.80 Å². The van der Waals surface area contributed by atoms with E-state index in [1.807, 2.05) is 39.0 Å². The quantitative estimate of drug-likeness (QED) is 0.459. The second-order valence-electron chi connectivity index (χ2n) is 11.3. The van der Waals surface area contributed by atoms with Gasteiger partial charge in [-0.25, -0.2) is 0 Å². The van der Waals surface area contributed by atoms with E-state index in [9.17, 15) is 19.5 Å². The highest BCUT2D eigenvalue weighted by Gasteiger charge is 2.78. The number of amides is 3. The molecule has 6 atom stereocenters. The first kappa shape index (κ1) is 28.4. The molecule has 0 aliphatic carbocycles. The summed E-state index contributed by atoms with van der Waals surface area (Å²) >= 11 is 1.65. The third-order valence-electron chi connectivity index (χ3n) is 8.80. The third kappa shape index (κ3) is 4.20. The van der Waals surface area contributed by atoms with Gasteiger partial charge in [-0.1, -0.05) is 31.2 Å². The topological polar surface area (TPSA) is 81.2 Å². The lowest BCUT2D eigenvalue weighted by atomic mass is 9.66. The summed E-state index contributed by atoms with van der Waals surface area (Å²) in [6, 6.07) is 4.71. The molecule has 1 aromatic rings. The van der Waals surface area contributed by atoms with E-state index in [1.165, 1.54) is 0 Å². The van der Waals surface area contributed by atoms with Gasteiger partial charge in [-0.05, 0) is 57.2 Å². The Morgan fingerprint density at radius 3 is 2.50 bits per heavy atom. The average Bonchev–Trinajstić information content (AvgIpc) is 3.45. The van der Waals surface area contributed by atoms with Crippen molar-refractivity contribution in [3.05, 3.63) is 54.6 Å². The molecule has 0 radical (unpaired) electrons. The zero-order valence-corrected chi connectivity index (χ0v) is 24.1. The number of aliphatic hydroxyl groups is 1. The number of rotatable bonds is 10. The van der Waals surface area contributed by atoms with Crippen LogP contribution in [0.25, 0.3) is 0 Å². The molecule has 3 amide bonds. The van der Waals surface area contributed by atoms with Gasteiger partial charge >= 0.3 is 0 Å². The monoisotopic (exact) mass is 539 g/mol. The largest absolute Gasteiger partial charge is 0.394 e. The SMILES string of the molecule is C=CCN(C)C(=O)[C@@H]1[C@H]2C(=O)N([C@@H](CC)CO)C(C(=O)N(CC=C)c3cc(C)ccc3C)C23CC[C@@]1(C)S3. The van der Waals surface area contributed by atoms with Crippen LogP contribution in [0.4, 0.5) is 5.69 Å². The number of aliphatic hydroxyl groups excluding tert-OH is 1. The van der Waals surface area contributed by atoms with Crippen LogP contribution >= 0.6 is 11.8 Å². The molecular formula is C30H41N3O4S. The van der Waals surface area contributed by atoms with Gasteiger partial charge in [-0.15, -0.1) is 24.9 Å². The molecule has 1 spiro atoms. The first-order valence-corrected chi connectivity index (χ1v) is 14.3. The average molecular weight is 540 g/mol. The van der Waals surface area contributed by atoms with E-state index in [0.29, 0.717) is 25.9 Å². The second-order valence-corrected chi connectivity index (χ2v) is 13.1. The summed E-state index contributed by atoms with van der Waals surface area (Å²) in [7, 11) is 1.74. The van der Waals surface area contributed by atoms with E-state index in [0.717, 1.165) is 23.2 Å². The fourth-order valence-corrected chi connectivity index (χ4v) is 9.27. The number of nitrogens with zero attached hydrogens (tertiary/aromatic N) is 3. The maximum absolute atomic E-state index is 14.7. The predicted molar refractivity (Wildman–Crippen MR) is 153 cm³/mol. The minimum atomic E-state index is -0.786. The van der Waals surface area contributed by atoms with E-state index in [4.69, 9.17) is 0 Å². The second kappa shape index (κ2) is 10.5. The molecule has 0 aromatic heterocycles. The van der Waals surface area contributed by atoms with E-state index in [2.05, 4.69) is 20.1 Å². The molecular weight excluding hydrogens is 498 g/mol. The maximum atomic E-state index is 14.7. The van der Waals surface area contributed by atoms with Gasteiger partial charge < -0.3 is 19.8 Å². The molecule has 3 aliphatic rings. The van der Waals surface area contributed by atoms with Crippen molar-refractivity contribution in [2.24, 2.45) is 11.8 Å². The minimum Gasteiger partial charge on any atom is -0.394 e. The number of hydrogen-bond acceptors (Lipinski definition) is 5. The normalized spacial score (nSPS) is 30.2. The van der Waals surface area contributed by atoms with Crippen LogP contribution in [0.5, 0.6) is 0 Å². The number of carbonyl (C=O) groups excluding carboxylic acids is 3. The van der Waals surface area contributed by atoms with Crippen LogP contribution in [0.2, 0.25) is 0 Å². The van der Waals surface area contributed by atoms with E-state index < -0.39 is 33.4 Å². The Kier molecular flexibility index (Phi) is 7.88. The predicted octanol–water partition coefficient (Wildman–Crippen LogP) is 3.72. The number of carbonyl (C=O) groups is 3. The molecule has 3 heterocycles. The molecule has 1 N–H and O–H groups in total. The van der Waals surface area contributed by atoms with Crippen molar-refractivity contribution in [1.29, 1.82) is 0 Å². The molecule has 4 rings (SSSR count). The van der Waals surface area contributed by atoms with Gasteiger partial charge in [-0.2, -0.15) is 0 Å². The first-order valence-electron chi connectivity index (χ1n) is 13.5. The van der Waals surface area contributed by atoms with Crippen molar-refractivity contribution in [2.75, 3.05) is 31.6 Å². The highest BCUT2D eigenvalue weighted by atomic mass is 32.2. The first-order chi connectivity index (χ1) is 18.0. The van der Waals surface area contributed by atoms with Gasteiger partial charge in [0.05, 0.1) is 29.2 Å². The molecule has 2 bridgehead atoms. The molecule has 1 aromatic carbocycles. The molecule has 3 fully saturated rings. The summed E-state index contributed by atoms with van der Waals surface area (Å²) in [5, 5.41) is 10.3. The van der Waals surface area contributed by atoms with Crippen LogP contribution in [0.1, 0.15) is 44.2 Å².